The van der Waals surface area contributed by atoms with Crippen LogP contribution in [0.2, 0.25) is 0 Å². The van der Waals surface area contributed by atoms with Crippen molar-refractivity contribution in [1.29, 1.82) is 0 Å². The Morgan fingerprint density at radius 1 is 0.979 bits per heavy atom. The van der Waals surface area contributed by atoms with Gasteiger partial charge in [0.1, 0.15) is 34.9 Å². The molecule has 3 amide bonds. The van der Waals surface area contributed by atoms with Gasteiger partial charge in [-0.15, -0.1) is 11.8 Å². The Morgan fingerprint density at radius 3 is 2.13 bits per heavy atom. The summed E-state index contributed by atoms with van der Waals surface area (Å²) in [5.41, 5.74) is 6.65. The molecule has 2 unspecified atom stereocenters. The number of hydrogen-bond donors (Lipinski definition) is 2. The summed E-state index contributed by atoms with van der Waals surface area (Å²) in [4.78, 5) is 78.6. The van der Waals surface area contributed by atoms with Crippen LogP contribution < -0.4 is 16.9 Å². The zero-order chi connectivity index (χ0) is 34.2. The molecule has 6 rings (SSSR count). The van der Waals surface area contributed by atoms with Crippen LogP contribution in [0.15, 0.2) is 44.0 Å². The van der Waals surface area contributed by atoms with Gasteiger partial charge in [-0.25, -0.2) is 22.8 Å². The molecular formula is C29H32N4O12S2. The predicted molar refractivity (Wildman–Crippen MR) is 160 cm³/mol. The minimum absolute atomic E-state index is 0.223. The molecule has 18 heteroatoms. The highest BCUT2D eigenvalue weighted by atomic mass is 32.2. The largest absolute Gasteiger partial charge is 0.519 e. The van der Waals surface area contributed by atoms with E-state index in [2.05, 4.69) is 5.32 Å². The number of ether oxygens (including phenoxy) is 2. The Hall–Kier alpha value is -4.16. The van der Waals surface area contributed by atoms with Gasteiger partial charge in [-0.05, 0) is 33.3 Å². The van der Waals surface area contributed by atoms with Crippen LogP contribution in [0.4, 0.5) is 0 Å². The first-order chi connectivity index (χ1) is 22.0. The molecule has 47 heavy (non-hydrogen) atoms. The lowest BCUT2D eigenvalue weighted by atomic mass is 9.95. The lowest BCUT2D eigenvalue weighted by molar-refractivity contribution is -0.165. The van der Waals surface area contributed by atoms with Crippen LogP contribution in [0.5, 0.6) is 0 Å². The van der Waals surface area contributed by atoms with E-state index in [-0.39, 0.29) is 17.9 Å². The number of carbonyl (C=O) groups excluding carboxylic acids is 5. The fourth-order valence-corrected chi connectivity index (χ4v) is 10.1. The van der Waals surface area contributed by atoms with Gasteiger partial charge in [0.2, 0.25) is 17.7 Å². The van der Waals surface area contributed by atoms with Gasteiger partial charge in [-0.2, -0.15) is 0 Å². The lowest BCUT2D eigenvalue weighted by Crippen LogP contribution is -2.71. The molecule has 16 nitrogen and oxygen atoms in total. The Morgan fingerprint density at radius 2 is 1.55 bits per heavy atom. The number of nitrogens with zero attached hydrogens (tertiary/aromatic N) is 2. The molecule has 4 saturated heterocycles. The predicted octanol–water partition coefficient (Wildman–Crippen LogP) is -0.300. The van der Waals surface area contributed by atoms with Gasteiger partial charge in [0.15, 0.2) is 34.6 Å². The molecule has 0 saturated carbocycles. The van der Waals surface area contributed by atoms with E-state index >= 15 is 0 Å². The van der Waals surface area contributed by atoms with Crippen LogP contribution in [0, 0.1) is 0 Å². The SMILES string of the molecule is CC1(C)S[C@@H]2C(NC(=O)C(N)c3ccccc3)C(=O)N2[C@H]1C(=O)OCc1oc(=O)oc1COC(=O)[C@@H]1N2C(=O)C[C@H]2S(=O)(=O)C1(C)C. The Kier molecular flexibility index (Phi) is 7.83. The van der Waals surface area contributed by atoms with E-state index in [1.165, 1.54) is 30.5 Å². The van der Waals surface area contributed by atoms with Crippen molar-refractivity contribution in [2.45, 2.75) is 91.7 Å². The van der Waals surface area contributed by atoms with Crippen molar-refractivity contribution in [3.8, 4) is 0 Å². The summed E-state index contributed by atoms with van der Waals surface area (Å²) in [7, 11) is -3.85. The van der Waals surface area contributed by atoms with Crippen LogP contribution in [0.3, 0.4) is 0 Å². The van der Waals surface area contributed by atoms with Crippen molar-refractivity contribution >= 4 is 51.3 Å². The van der Waals surface area contributed by atoms with Gasteiger partial charge in [-0.3, -0.25) is 14.4 Å². The minimum Gasteiger partial charge on any atom is -0.456 e. The van der Waals surface area contributed by atoms with Gasteiger partial charge >= 0.3 is 17.8 Å². The average molecular weight is 693 g/mol. The number of rotatable bonds is 9. The number of esters is 2. The van der Waals surface area contributed by atoms with Crippen molar-refractivity contribution < 1.29 is 50.7 Å². The van der Waals surface area contributed by atoms with E-state index < -0.39 is 103 Å². The molecule has 1 aromatic carbocycles. The quantitative estimate of drug-likeness (QED) is 0.254. The number of nitrogens with two attached hydrogens (primary N) is 1. The summed E-state index contributed by atoms with van der Waals surface area (Å²) >= 11 is 1.30. The number of hydrogen-bond acceptors (Lipinski definition) is 14. The van der Waals surface area contributed by atoms with Crippen LogP contribution in [0.25, 0.3) is 0 Å². The number of fused-ring (bicyclic) bond motifs is 2. The zero-order valence-electron chi connectivity index (χ0n) is 25.7. The van der Waals surface area contributed by atoms with Gasteiger partial charge in [0, 0.05) is 4.75 Å². The number of carbonyl (C=O) groups is 5. The molecule has 5 heterocycles. The molecule has 1 aromatic heterocycles. The number of nitrogens with one attached hydrogen (secondary N) is 1. The monoisotopic (exact) mass is 692 g/mol. The van der Waals surface area contributed by atoms with E-state index in [1.807, 2.05) is 0 Å². The molecule has 6 atom stereocenters. The highest BCUT2D eigenvalue weighted by molar-refractivity contribution is 8.01. The molecule has 4 fully saturated rings. The van der Waals surface area contributed by atoms with E-state index in [4.69, 9.17) is 24.0 Å². The smallest absolute Gasteiger partial charge is 0.456 e. The molecule has 0 radical (unpaired) electrons. The minimum atomic E-state index is -3.85. The first-order valence-corrected chi connectivity index (χ1v) is 17.0. The van der Waals surface area contributed by atoms with Crippen molar-refractivity contribution in [3.05, 3.63) is 58.0 Å². The van der Waals surface area contributed by atoms with Crippen molar-refractivity contribution in [2.75, 3.05) is 0 Å². The Balaban J connectivity index is 1.08. The summed E-state index contributed by atoms with van der Waals surface area (Å²) in [5, 5.41) is 1.00. The fourth-order valence-electron chi connectivity index (χ4n) is 6.38. The zero-order valence-corrected chi connectivity index (χ0v) is 27.3. The van der Waals surface area contributed by atoms with Gasteiger partial charge in [0.25, 0.3) is 0 Å². The molecule has 0 aliphatic carbocycles. The number of sulfone groups is 1. The second kappa shape index (κ2) is 11.2. The molecule has 2 aromatic rings. The van der Waals surface area contributed by atoms with Crippen LogP contribution >= 0.6 is 11.8 Å². The first kappa shape index (κ1) is 32.8. The number of β-lactam (4-membered cyclic amide) rings is 2. The first-order valence-electron chi connectivity index (χ1n) is 14.6. The van der Waals surface area contributed by atoms with Crippen LogP contribution in [-0.4, -0.2) is 86.2 Å². The third-order valence-corrected chi connectivity index (χ3v) is 13.4. The van der Waals surface area contributed by atoms with Gasteiger partial charge < -0.3 is 39.2 Å². The van der Waals surface area contributed by atoms with Crippen LogP contribution in [-0.2, 0) is 56.5 Å². The van der Waals surface area contributed by atoms with E-state index in [0.717, 1.165) is 4.90 Å². The molecule has 0 bridgehead atoms. The maximum atomic E-state index is 13.3. The highest BCUT2D eigenvalue weighted by Gasteiger charge is 2.68. The highest BCUT2D eigenvalue weighted by Crippen LogP contribution is 2.51. The summed E-state index contributed by atoms with van der Waals surface area (Å²) < 4.78 is 43.8. The average Bonchev–Trinajstić information content (AvgIpc) is 3.54. The van der Waals surface area contributed by atoms with Crippen molar-refractivity contribution in [3.63, 3.8) is 0 Å². The number of amides is 3. The molecule has 0 spiro atoms. The van der Waals surface area contributed by atoms with E-state index in [9.17, 15) is 37.2 Å². The fraction of sp³-hybridized carbons (Fsp3) is 0.517. The van der Waals surface area contributed by atoms with E-state index in [1.54, 1.807) is 44.2 Å². The third kappa shape index (κ3) is 5.12. The summed E-state index contributed by atoms with van der Waals surface area (Å²) in [5.74, 6) is -5.14. The molecule has 3 N–H and O–H groups in total. The number of thioether (sulfide) groups is 1. The Labute approximate surface area is 272 Å². The van der Waals surface area contributed by atoms with Gasteiger partial charge in [0.05, 0.1) is 11.2 Å². The van der Waals surface area contributed by atoms with E-state index in [0.29, 0.717) is 5.56 Å². The topological polar surface area (TPSA) is 226 Å². The summed E-state index contributed by atoms with van der Waals surface area (Å²) in [6.45, 7) is 4.84. The normalized spacial score (nSPS) is 28.4. The second-order valence-corrected chi connectivity index (χ2v) is 17.1. The van der Waals surface area contributed by atoms with Gasteiger partial charge in [-0.1, -0.05) is 30.3 Å². The molecule has 4 aliphatic heterocycles. The third-order valence-electron chi connectivity index (χ3n) is 9.02. The summed E-state index contributed by atoms with van der Waals surface area (Å²) in [6.07, 6.45) is -0.223. The summed E-state index contributed by atoms with van der Waals surface area (Å²) in [6, 6.07) is 4.28. The second-order valence-electron chi connectivity index (χ2n) is 12.7. The molecule has 4 aliphatic rings. The van der Waals surface area contributed by atoms with Crippen molar-refractivity contribution in [2.24, 2.45) is 5.73 Å². The maximum absolute atomic E-state index is 13.3. The standard InChI is InChI=1S/C29H32N4O12S2/c1-28(2)20(33-23(36)19(24(33)46-28)31-22(35)18(30)13-8-6-5-7-9-13)25(37)42-11-14-15(45-27(39)44-14)12-43-26(38)21-29(3,4)47(40,41)17-10-16(34)32(17)21/h5-9,17-21,24H,10-12,30H2,1-4H3,(H,31,35)/t17-,18?,19?,20+,21+,24-/m1/s1. The molecule has 252 valence electrons. The number of benzene rings is 1. The lowest BCUT2D eigenvalue weighted by Gasteiger charge is -2.44. The molecular weight excluding hydrogens is 660 g/mol. The van der Waals surface area contributed by atoms with Crippen molar-refractivity contribution in [1.82, 2.24) is 15.1 Å². The van der Waals surface area contributed by atoms with Crippen LogP contribution in [0.1, 0.15) is 57.2 Å². The maximum Gasteiger partial charge on any atom is 0.519 e. The Bertz CT molecular complexity index is 1840.